The number of amides is 2. The highest BCUT2D eigenvalue weighted by molar-refractivity contribution is 5.95. The quantitative estimate of drug-likeness (QED) is 0.528. The zero-order valence-corrected chi connectivity index (χ0v) is 17.4. The number of ether oxygens (including phenoxy) is 1. The van der Waals surface area contributed by atoms with Gasteiger partial charge >= 0.3 is 0 Å². The number of hydrogen-bond donors (Lipinski definition) is 0. The summed E-state index contributed by atoms with van der Waals surface area (Å²) in [5.74, 6) is 0.151. The summed E-state index contributed by atoms with van der Waals surface area (Å²) in [4.78, 5) is 30.3. The van der Waals surface area contributed by atoms with E-state index < -0.39 is 6.04 Å². The Balaban J connectivity index is 1.83. The summed E-state index contributed by atoms with van der Waals surface area (Å²) in [5, 5.41) is 0. The van der Waals surface area contributed by atoms with Gasteiger partial charge in [0.25, 0.3) is 5.91 Å². The smallest absolute Gasteiger partial charge is 0.250 e. The number of benzene rings is 1. The molecule has 0 bridgehead atoms. The number of carbonyl (C=O) groups excluding carboxylic acids is 2. The van der Waals surface area contributed by atoms with Crippen LogP contribution in [0.15, 0.2) is 24.3 Å². The molecule has 1 atom stereocenters. The monoisotopic (exact) mass is 386 g/mol. The van der Waals surface area contributed by atoms with Crippen LogP contribution in [0.3, 0.4) is 0 Å². The summed E-state index contributed by atoms with van der Waals surface area (Å²) in [7, 11) is 0. The molecule has 2 amide bonds. The molecule has 0 aromatic heterocycles. The lowest BCUT2D eigenvalue weighted by molar-refractivity contribution is -0.159. The Hall–Kier alpha value is -1.88. The van der Waals surface area contributed by atoms with Crippen molar-refractivity contribution in [3.8, 4) is 0 Å². The molecule has 2 fully saturated rings. The number of carbonyl (C=O) groups is 2. The van der Waals surface area contributed by atoms with Gasteiger partial charge in [0.1, 0.15) is 12.6 Å². The van der Waals surface area contributed by atoms with Crippen LogP contribution in [0.1, 0.15) is 69.0 Å². The van der Waals surface area contributed by atoms with Crippen molar-refractivity contribution in [2.45, 2.75) is 70.9 Å². The molecule has 154 valence electrons. The second kappa shape index (κ2) is 10.1. The van der Waals surface area contributed by atoms with Gasteiger partial charge in [-0.25, -0.2) is 0 Å². The minimum absolute atomic E-state index is 0.0610. The zero-order valence-electron chi connectivity index (χ0n) is 17.4. The van der Waals surface area contributed by atoms with Crippen molar-refractivity contribution in [2.24, 2.45) is 0 Å². The van der Waals surface area contributed by atoms with Gasteiger partial charge < -0.3 is 14.5 Å². The Kier molecular flexibility index (Phi) is 7.49. The number of piperazine rings is 1. The van der Waals surface area contributed by atoms with Crippen molar-refractivity contribution in [3.05, 3.63) is 35.4 Å². The van der Waals surface area contributed by atoms with Crippen LogP contribution in [0.25, 0.3) is 0 Å². The summed E-state index contributed by atoms with van der Waals surface area (Å²) in [6.07, 6.45) is 7.55. The number of rotatable bonds is 7. The second-order valence-electron chi connectivity index (χ2n) is 8.06. The number of hydrogen-bond acceptors (Lipinski definition) is 3. The Morgan fingerprint density at radius 3 is 2.36 bits per heavy atom. The summed E-state index contributed by atoms with van der Waals surface area (Å²) >= 11 is 0. The van der Waals surface area contributed by atoms with Crippen LogP contribution in [0.4, 0.5) is 0 Å². The van der Waals surface area contributed by atoms with E-state index in [-0.39, 0.29) is 24.4 Å². The summed E-state index contributed by atoms with van der Waals surface area (Å²) in [5.41, 5.74) is 2.07. The molecule has 3 rings (SSSR count). The maximum atomic E-state index is 13.6. The van der Waals surface area contributed by atoms with Gasteiger partial charge in [-0.15, -0.1) is 0 Å². The van der Waals surface area contributed by atoms with E-state index in [1.165, 1.54) is 12.8 Å². The van der Waals surface area contributed by atoms with Crippen LogP contribution in [0.2, 0.25) is 0 Å². The van der Waals surface area contributed by atoms with E-state index >= 15 is 0 Å². The molecular formula is C23H34N2O3. The molecule has 5 heteroatoms. The van der Waals surface area contributed by atoms with Crippen LogP contribution in [-0.2, 0) is 14.3 Å². The van der Waals surface area contributed by atoms with Gasteiger partial charge in [0.05, 0.1) is 0 Å². The topological polar surface area (TPSA) is 49.9 Å². The molecule has 2 aliphatic rings. The van der Waals surface area contributed by atoms with E-state index in [0.717, 1.165) is 43.2 Å². The molecule has 0 spiro atoms. The second-order valence-corrected chi connectivity index (χ2v) is 8.06. The average molecular weight is 387 g/mol. The molecule has 28 heavy (non-hydrogen) atoms. The highest BCUT2D eigenvalue weighted by Gasteiger charge is 2.42. The summed E-state index contributed by atoms with van der Waals surface area (Å²) in [6, 6.07) is 7.74. The van der Waals surface area contributed by atoms with Crippen molar-refractivity contribution in [2.75, 3.05) is 26.3 Å². The Bertz CT molecular complexity index is 650. The standard InChI is InChI=1S/C23H34N2O3/c1-3-28-16-8-15-24-21(26)17-25(20-9-6-4-5-7-10-20)23(27)22(24)19-13-11-18(2)12-14-19/h11-14,20,22H,3-10,15-17H2,1-2H3/t22-/m1/s1. The first-order valence-corrected chi connectivity index (χ1v) is 10.9. The highest BCUT2D eigenvalue weighted by atomic mass is 16.5. The van der Waals surface area contributed by atoms with E-state index in [9.17, 15) is 9.59 Å². The highest BCUT2D eigenvalue weighted by Crippen LogP contribution is 2.32. The molecule has 0 radical (unpaired) electrons. The Morgan fingerprint density at radius 2 is 1.71 bits per heavy atom. The molecule has 0 N–H and O–H groups in total. The lowest BCUT2D eigenvalue weighted by Crippen LogP contribution is -2.58. The molecule has 1 saturated carbocycles. The van der Waals surface area contributed by atoms with Crippen molar-refractivity contribution < 1.29 is 14.3 Å². The van der Waals surface area contributed by atoms with Crippen LogP contribution >= 0.6 is 0 Å². The van der Waals surface area contributed by atoms with Crippen molar-refractivity contribution in [3.63, 3.8) is 0 Å². The minimum Gasteiger partial charge on any atom is -0.382 e. The van der Waals surface area contributed by atoms with Crippen LogP contribution in [0, 0.1) is 6.92 Å². The van der Waals surface area contributed by atoms with Crippen LogP contribution < -0.4 is 0 Å². The predicted octanol–water partition coefficient (Wildman–Crippen LogP) is 3.86. The van der Waals surface area contributed by atoms with Gasteiger partial charge in [-0.3, -0.25) is 9.59 Å². The predicted molar refractivity (Wildman–Crippen MR) is 110 cm³/mol. The molecular weight excluding hydrogens is 352 g/mol. The first kappa shape index (κ1) is 20.8. The molecule has 1 saturated heterocycles. The Morgan fingerprint density at radius 1 is 1.04 bits per heavy atom. The lowest BCUT2D eigenvalue weighted by Gasteiger charge is -2.43. The Labute approximate surface area is 169 Å². The lowest BCUT2D eigenvalue weighted by atomic mass is 9.96. The van der Waals surface area contributed by atoms with Gasteiger partial charge in [0.2, 0.25) is 5.91 Å². The normalized spacial score (nSPS) is 21.9. The van der Waals surface area contributed by atoms with Crippen molar-refractivity contribution in [1.29, 1.82) is 0 Å². The third-order valence-corrected chi connectivity index (χ3v) is 6.00. The van der Waals surface area contributed by atoms with Gasteiger partial charge in [-0.2, -0.15) is 0 Å². The van der Waals surface area contributed by atoms with Crippen LogP contribution in [0.5, 0.6) is 0 Å². The summed E-state index contributed by atoms with van der Waals surface area (Å²) in [6.45, 7) is 6.07. The van der Waals surface area contributed by atoms with Gasteiger partial charge in [0, 0.05) is 25.8 Å². The van der Waals surface area contributed by atoms with E-state index in [0.29, 0.717) is 19.8 Å². The molecule has 1 heterocycles. The molecule has 1 aliphatic carbocycles. The van der Waals surface area contributed by atoms with Gasteiger partial charge in [0.15, 0.2) is 0 Å². The van der Waals surface area contributed by atoms with Gasteiger partial charge in [-0.1, -0.05) is 55.5 Å². The third kappa shape index (κ3) is 4.93. The van der Waals surface area contributed by atoms with E-state index in [2.05, 4.69) is 0 Å². The number of aryl methyl sites for hydroxylation is 1. The molecule has 5 nitrogen and oxygen atoms in total. The third-order valence-electron chi connectivity index (χ3n) is 6.00. The maximum Gasteiger partial charge on any atom is 0.250 e. The molecule has 1 aromatic rings. The first-order chi connectivity index (χ1) is 13.6. The van der Waals surface area contributed by atoms with E-state index in [1.807, 2.05) is 43.0 Å². The fraction of sp³-hybridized carbons (Fsp3) is 0.652. The molecule has 1 aliphatic heterocycles. The summed E-state index contributed by atoms with van der Waals surface area (Å²) < 4.78 is 5.44. The van der Waals surface area contributed by atoms with Crippen molar-refractivity contribution in [1.82, 2.24) is 9.80 Å². The van der Waals surface area contributed by atoms with Gasteiger partial charge in [-0.05, 0) is 38.7 Å². The fourth-order valence-corrected chi connectivity index (χ4v) is 4.43. The molecule has 1 aromatic carbocycles. The SMILES string of the molecule is CCOCCCN1C(=O)CN(C2CCCCCC2)C(=O)[C@H]1c1ccc(C)cc1. The largest absolute Gasteiger partial charge is 0.382 e. The van der Waals surface area contributed by atoms with E-state index in [4.69, 9.17) is 4.74 Å². The zero-order chi connectivity index (χ0) is 19.9. The minimum atomic E-state index is -0.508. The first-order valence-electron chi connectivity index (χ1n) is 10.9. The van der Waals surface area contributed by atoms with E-state index in [1.54, 1.807) is 4.90 Å². The van der Waals surface area contributed by atoms with Crippen LogP contribution in [-0.4, -0.2) is 54.0 Å². The molecule has 0 unspecified atom stereocenters. The average Bonchev–Trinajstić information content (AvgIpc) is 2.98. The number of nitrogens with zero attached hydrogens (tertiary/aromatic N) is 2. The maximum absolute atomic E-state index is 13.6. The van der Waals surface area contributed by atoms with Crippen molar-refractivity contribution >= 4 is 11.8 Å². The fourth-order valence-electron chi connectivity index (χ4n) is 4.43.